The second-order valence-corrected chi connectivity index (χ2v) is 10.5. The minimum atomic E-state index is -0.663. The van der Waals surface area contributed by atoms with Crippen molar-refractivity contribution in [2.24, 2.45) is 0 Å². The van der Waals surface area contributed by atoms with E-state index in [9.17, 15) is 4.79 Å². The number of hydrogen-bond acceptors (Lipinski definition) is 6. The first-order valence-electron chi connectivity index (χ1n) is 10.4. The smallest absolute Gasteiger partial charge is 0.416 e. The zero-order chi connectivity index (χ0) is 23.1. The molecule has 168 valence electrons. The van der Waals surface area contributed by atoms with Crippen molar-refractivity contribution in [3.8, 4) is 0 Å². The number of carbonyl (C=O) groups is 1. The SMILES string of the molecule is CC(C)c1csc([C@H](C)N(C(=O)OC(C)(C)C)c2cc(Cl)nc3c(C(C)C)cnn23)n1. The number of carbonyl (C=O) groups excluding carboxylic acids is 1. The number of fused-ring (bicyclic) bond motifs is 1. The van der Waals surface area contributed by atoms with E-state index in [0.717, 1.165) is 16.3 Å². The molecule has 31 heavy (non-hydrogen) atoms. The normalized spacial score (nSPS) is 13.3. The van der Waals surface area contributed by atoms with Crippen LogP contribution in [0.1, 0.15) is 89.5 Å². The molecule has 3 heterocycles. The van der Waals surface area contributed by atoms with E-state index >= 15 is 0 Å². The van der Waals surface area contributed by atoms with E-state index in [2.05, 4.69) is 37.8 Å². The van der Waals surface area contributed by atoms with E-state index in [1.54, 1.807) is 21.7 Å². The van der Waals surface area contributed by atoms with Gasteiger partial charge in [-0.2, -0.15) is 9.61 Å². The van der Waals surface area contributed by atoms with Crippen molar-refractivity contribution >= 4 is 40.5 Å². The predicted octanol–water partition coefficient (Wildman–Crippen LogP) is 6.59. The summed E-state index contributed by atoms with van der Waals surface area (Å²) in [5, 5.41) is 7.65. The fraction of sp³-hybridized carbons (Fsp3) is 0.545. The first kappa shape index (κ1) is 23.5. The van der Waals surface area contributed by atoms with Crippen molar-refractivity contribution in [2.45, 2.75) is 78.9 Å². The lowest BCUT2D eigenvalue weighted by Gasteiger charge is -2.31. The standard InChI is InChI=1S/C22H30ClN5O2S/c1-12(2)15-10-24-28-18(9-17(23)26-19(15)28)27(21(29)30-22(6,7)8)14(5)20-25-16(11-31-20)13(3)4/h9-14H,1-8H3/t14-/m0/s1. The summed E-state index contributed by atoms with van der Waals surface area (Å²) in [4.78, 5) is 24.2. The first-order chi connectivity index (χ1) is 14.4. The number of aromatic nitrogens is 4. The molecule has 0 aliphatic carbocycles. The third-order valence-electron chi connectivity index (χ3n) is 4.78. The average Bonchev–Trinajstić information content (AvgIpc) is 3.27. The molecule has 0 aromatic carbocycles. The van der Waals surface area contributed by atoms with Gasteiger partial charge in [-0.1, -0.05) is 39.3 Å². The maximum atomic E-state index is 13.4. The lowest BCUT2D eigenvalue weighted by atomic mass is 10.1. The molecule has 1 atom stereocenters. The summed E-state index contributed by atoms with van der Waals surface area (Å²) < 4.78 is 7.40. The summed E-state index contributed by atoms with van der Waals surface area (Å²) in [6.07, 6.45) is 1.27. The van der Waals surface area contributed by atoms with Gasteiger partial charge in [0.05, 0.1) is 17.9 Å². The van der Waals surface area contributed by atoms with Gasteiger partial charge in [-0.05, 0) is 39.5 Å². The van der Waals surface area contributed by atoms with Gasteiger partial charge in [-0.25, -0.2) is 14.8 Å². The van der Waals surface area contributed by atoms with Crippen LogP contribution in [0.5, 0.6) is 0 Å². The van der Waals surface area contributed by atoms with Crippen molar-refractivity contribution in [3.05, 3.63) is 39.1 Å². The third-order valence-corrected chi connectivity index (χ3v) is 6.01. The van der Waals surface area contributed by atoms with Crippen molar-refractivity contribution in [3.63, 3.8) is 0 Å². The monoisotopic (exact) mass is 463 g/mol. The molecule has 0 aliphatic heterocycles. The highest BCUT2D eigenvalue weighted by atomic mass is 35.5. The molecule has 1 amide bonds. The minimum absolute atomic E-state index is 0.205. The molecule has 3 aromatic rings. The van der Waals surface area contributed by atoms with Crippen LogP contribution in [-0.4, -0.2) is 31.3 Å². The number of ether oxygens (including phenoxy) is 1. The van der Waals surface area contributed by atoms with Crippen molar-refractivity contribution in [1.29, 1.82) is 0 Å². The Morgan fingerprint density at radius 2 is 1.84 bits per heavy atom. The van der Waals surface area contributed by atoms with E-state index in [1.165, 1.54) is 11.3 Å². The number of rotatable bonds is 5. The topological polar surface area (TPSA) is 72.6 Å². The Bertz CT molecular complexity index is 1080. The summed E-state index contributed by atoms with van der Waals surface area (Å²) in [6, 6.07) is 1.25. The fourth-order valence-corrected chi connectivity index (χ4v) is 4.35. The summed E-state index contributed by atoms with van der Waals surface area (Å²) in [5.41, 5.74) is 1.91. The molecule has 0 radical (unpaired) electrons. The summed E-state index contributed by atoms with van der Waals surface area (Å²) in [6.45, 7) is 15.8. The van der Waals surface area contributed by atoms with Crippen LogP contribution in [-0.2, 0) is 4.74 Å². The van der Waals surface area contributed by atoms with Gasteiger partial charge >= 0.3 is 6.09 Å². The Kier molecular flexibility index (Phi) is 6.62. The van der Waals surface area contributed by atoms with E-state index in [1.807, 2.05) is 33.1 Å². The van der Waals surface area contributed by atoms with E-state index in [0.29, 0.717) is 17.4 Å². The van der Waals surface area contributed by atoms with Crippen LogP contribution < -0.4 is 4.90 Å². The zero-order valence-electron chi connectivity index (χ0n) is 19.3. The van der Waals surface area contributed by atoms with Gasteiger partial charge in [-0.3, -0.25) is 4.90 Å². The molecule has 0 fully saturated rings. The molecule has 0 saturated heterocycles. The van der Waals surface area contributed by atoms with Crippen molar-refractivity contribution < 1.29 is 9.53 Å². The van der Waals surface area contributed by atoms with E-state index < -0.39 is 11.7 Å². The lowest BCUT2D eigenvalue weighted by Crippen LogP contribution is -2.39. The lowest BCUT2D eigenvalue weighted by molar-refractivity contribution is 0.0565. The Morgan fingerprint density at radius 3 is 2.39 bits per heavy atom. The quantitative estimate of drug-likeness (QED) is 0.399. The van der Waals surface area contributed by atoms with Gasteiger partial charge in [-0.15, -0.1) is 11.3 Å². The fourth-order valence-electron chi connectivity index (χ4n) is 3.14. The maximum Gasteiger partial charge on any atom is 0.416 e. The molecule has 0 bridgehead atoms. The Hall–Kier alpha value is -2.19. The summed E-state index contributed by atoms with van der Waals surface area (Å²) in [7, 11) is 0. The second kappa shape index (κ2) is 8.74. The Labute approximate surface area is 192 Å². The molecule has 0 unspecified atom stereocenters. The largest absolute Gasteiger partial charge is 0.443 e. The van der Waals surface area contributed by atoms with Gasteiger partial charge in [0.25, 0.3) is 0 Å². The molecule has 0 aliphatic rings. The highest BCUT2D eigenvalue weighted by Gasteiger charge is 2.33. The van der Waals surface area contributed by atoms with Crippen LogP contribution in [0.3, 0.4) is 0 Å². The maximum absolute atomic E-state index is 13.4. The highest BCUT2D eigenvalue weighted by molar-refractivity contribution is 7.09. The van der Waals surface area contributed by atoms with Crippen LogP contribution in [0.4, 0.5) is 10.6 Å². The number of nitrogens with zero attached hydrogens (tertiary/aromatic N) is 5. The molecular weight excluding hydrogens is 434 g/mol. The van der Waals surface area contributed by atoms with Crippen LogP contribution in [0.25, 0.3) is 5.65 Å². The average molecular weight is 464 g/mol. The van der Waals surface area contributed by atoms with Gasteiger partial charge in [0.1, 0.15) is 21.6 Å². The minimum Gasteiger partial charge on any atom is -0.443 e. The molecule has 0 N–H and O–H groups in total. The summed E-state index contributed by atoms with van der Waals surface area (Å²) >= 11 is 7.92. The van der Waals surface area contributed by atoms with Crippen LogP contribution in [0.15, 0.2) is 17.6 Å². The molecule has 0 saturated carbocycles. The predicted molar refractivity (Wildman–Crippen MR) is 125 cm³/mol. The number of hydrogen-bond donors (Lipinski definition) is 0. The van der Waals surface area contributed by atoms with Crippen LogP contribution in [0.2, 0.25) is 5.15 Å². The highest BCUT2D eigenvalue weighted by Crippen LogP contribution is 2.34. The zero-order valence-corrected chi connectivity index (χ0v) is 20.9. The van der Waals surface area contributed by atoms with Crippen molar-refractivity contribution in [1.82, 2.24) is 19.6 Å². The Morgan fingerprint density at radius 1 is 1.16 bits per heavy atom. The molecule has 9 heteroatoms. The molecular formula is C22H30ClN5O2S. The second-order valence-electron chi connectivity index (χ2n) is 9.22. The molecule has 0 spiro atoms. The number of amides is 1. The number of halogens is 1. The molecule has 3 rings (SSSR count). The van der Waals surface area contributed by atoms with Crippen LogP contribution >= 0.6 is 22.9 Å². The molecule has 3 aromatic heterocycles. The first-order valence-corrected chi connectivity index (χ1v) is 11.7. The number of anilines is 1. The van der Waals surface area contributed by atoms with Gasteiger partial charge < -0.3 is 4.74 Å². The third kappa shape index (κ3) is 5.01. The molecule has 7 nitrogen and oxygen atoms in total. The number of thiazole rings is 1. The van der Waals surface area contributed by atoms with Gasteiger partial charge in [0.2, 0.25) is 0 Å². The van der Waals surface area contributed by atoms with E-state index in [-0.39, 0.29) is 17.1 Å². The Balaban J connectivity index is 2.17. The summed E-state index contributed by atoms with van der Waals surface area (Å²) in [5.74, 6) is 0.996. The van der Waals surface area contributed by atoms with Gasteiger partial charge in [0.15, 0.2) is 5.65 Å². The van der Waals surface area contributed by atoms with Crippen LogP contribution in [0, 0.1) is 0 Å². The van der Waals surface area contributed by atoms with Gasteiger partial charge in [0, 0.05) is 17.0 Å². The van der Waals surface area contributed by atoms with Crippen molar-refractivity contribution in [2.75, 3.05) is 4.90 Å². The van der Waals surface area contributed by atoms with E-state index in [4.69, 9.17) is 21.3 Å².